The van der Waals surface area contributed by atoms with Crippen molar-refractivity contribution in [2.75, 3.05) is 35.5 Å². The van der Waals surface area contributed by atoms with Gasteiger partial charge in [0, 0.05) is 11.8 Å². The summed E-state index contributed by atoms with van der Waals surface area (Å²) in [6.45, 7) is 0. The van der Waals surface area contributed by atoms with E-state index in [0.29, 0.717) is 52.8 Å². The molecule has 0 bridgehead atoms. The van der Waals surface area contributed by atoms with E-state index in [2.05, 4.69) is 4.98 Å². The van der Waals surface area contributed by atoms with Gasteiger partial charge in [-0.2, -0.15) is 0 Å². The molecule has 8 nitrogen and oxygen atoms in total. The highest BCUT2D eigenvalue weighted by atomic mass is 16.5. The van der Waals surface area contributed by atoms with Crippen molar-refractivity contribution >= 4 is 0 Å². The Kier molecular flexibility index (Phi) is 7.71. The lowest BCUT2D eigenvalue weighted by Gasteiger charge is -2.18. The highest BCUT2D eigenvalue weighted by molar-refractivity contribution is 5.54. The SMILES string of the molecule is COc1cc(C(O)CCC(O)c2cc(OC)c(OC)c(OC)c2)cnc1OC. The molecule has 0 fully saturated rings. The quantitative estimate of drug-likeness (QED) is 0.636. The van der Waals surface area contributed by atoms with E-state index in [1.807, 2.05) is 0 Å². The standard InChI is InChI=1S/C20H27NO7/c1-24-16-8-12(9-17(25-2)19(16)27-4)14(22)6-7-15(23)13-10-18(26-3)20(28-5)21-11-13/h8-11,14-15,22-23H,6-7H2,1-5H3. The summed E-state index contributed by atoms with van der Waals surface area (Å²) in [5.41, 5.74) is 1.18. The number of pyridine rings is 1. The molecule has 28 heavy (non-hydrogen) atoms. The van der Waals surface area contributed by atoms with Crippen LogP contribution in [0.2, 0.25) is 0 Å². The summed E-state index contributed by atoms with van der Waals surface area (Å²) in [7, 11) is 7.55. The van der Waals surface area contributed by atoms with Crippen molar-refractivity contribution in [3.8, 4) is 28.9 Å². The average Bonchev–Trinajstić information content (AvgIpc) is 2.75. The van der Waals surface area contributed by atoms with Gasteiger partial charge in [0.25, 0.3) is 5.88 Å². The summed E-state index contributed by atoms with van der Waals surface area (Å²) < 4.78 is 26.2. The van der Waals surface area contributed by atoms with Crippen LogP contribution < -0.4 is 23.7 Å². The number of aliphatic hydroxyl groups is 2. The van der Waals surface area contributed by atoms with E-state index < -0.39 is 12.2 Å². The number of hydrogen-bond donors (Lipinski definition) is 2. The van der Waals surface area contributed by atoms with Crippen molar-refractivity contribution in [2.24, 2.45) is 0 Å². The van der Waals surface area contributed by atoms with Crippen molar-refractivity contribution in [3.63, 3.8) is 0 Å². The van der Waals surface area contributed by atoms with Gasteiger partial charge in [-0.15, -0.1) is 0 Å². The molecule has 0 spiro atoms. The van der Waals surface area contributed by atoms with Crippen molar-refractivity contribution in [1.82, 2.24) is 4.98 Å². The van der Waals surface area contributed by atoms with E-state index >= 15 is 0 Å². The fourth-order valence-electron chi connectivity index (χ4n) is 2.87. The first kappa shape index (κ1) is 21.6. The molecule has 0 amide bonds. The number of aliphatic hydroxyl groups excluding tert-OH is 2. The lowest BCUT2D eigenvalue weighted by atomic mass is 9.99. The van der Waals surface area contributed by atoms with Gasteiger partial charge in [-0.25, -0.2) is 4.98 Å². The second-order valence-electron chi connectivity index (χ2n) is 6.05. The number of methoxy groups -OCH3 is 5. The molecule has 0 aliphatic rings. The van der Waals surface area contributed by atoms with E-state index in [-0.39, 0.29) is 0 Å². The van der Waals surface area contributed by atoms with Gasteiger partial charge in [0.2, 0.25) is 5.75 Å². The molecule has 0 aliphatic heterocycles. The molecule has 1 heterocycles. The minimum atomic E-state index is -0.823. The van der Waals surface area contributed by atoms with Crippen LogP contribution in [0.5, 0.6) is 28.9 Å². The van der Waals surface area contributed by atoms with Gasteiger partial charge >= 0.3 is 0 Å². The smallest absolute Gasteiger partial charge is 0.256 e. The van der Waals surface area contributed by atoms with Gasteiger partial charge in [-0.05, 0) is 36.6 Å². The van der Waals surface area contributed by atoms with Crippen molar-refractivity contribution in [1.29, 1.82) is 0 Å². The lowest BCUT2D eigenvalue weighted by molar-refractivity contribution is 0.114. The summed E-state index contributed by atoms with van der Waals surface area (Å²) in [4.78, 5) is 4.12. The van der Waals surface area contributed by atoms with Gasteiger partial charge in [-0.3, -0.25) is 0 Å². The molecule has 0 saturated carbocycles. The predicted octanol–water partition coefficient (Wildman–Crippen LogP) is 2.67. The highest BCUT2D eigenvalue weighted by Crippen LogP contribution is 2.40. The molecule has 1 aromatic heterocycles. The molecule has 0 radical (unpaired) electrons. The molecule has 2 unspecified atom stereocenters. The Morgan fingerprint density at radius 1 is 0.714 bits per heavy atom. The second-order valence-corrected chi connectivity index (χ2v) is 6.05. The van der Waals surface area contributed by atoms with Crippen LogP contribution in [0.15, 0.2) is 24.4 Å². The molecule has 154 valence electrons. The van der Waals surface area contributed by atoms with Gasteiger partial charge < -0.3 is 33.9 Å². The van der Waals surface area contributed by atoms with E-state index in [9.17, 15) is 10.2 Å². The maximum Gasteiger partial charge on any atom is 0.256 e. The number of hydrogen-bond acceptors (Lipinski definition) is 8. The first-order valence-corrected chi connectivity index (χ1v) is 8.72. The van der Waals surface area contributed by atoms with Gasteiger partial charge in [-0.1, -0.05) is 0 Å². The Morgan fingerprint density at radius 3 is 1.68 bits per heavy atom. The van der Waals surface area contributed by atoms with E-state index in [1.165, 1.54) is 41.7 Å². The van der Waals surface area contributed by atoms with Crippen LogP contribution in [0.25, 0.3) is 0 Å². The van der Waals surface area contributed by atoms with Crippen molar-refractivity contribution in [2.45, 2.75) is 25.0 Å². The molecular formula is C20H27NO7. The molecule has 2 atom stereocenters. The highest BCUT2D eigenvalue weighted by Gasteiger charge is 2.19. The second kappa shape index (κ2) is 10.0. The van der Waals surface area contributed by atoms with Crippen molar-refractivity contribution in [3.05, 3.63) is 35.5 Å². The maximum atomic E-state index is 10.6. The van der Waals surface area contributed by atoms with Crippen LogP contribution in [-0.2, 0) is 0 Å². The Balaban J connectivity index is 2.12. The minimum Gasteiger partial charge on any atom is -0.493 e. The van der Waals surface area contributed by atoms with Gasteiger partial charge in [0.15, 0.2) is 17.2 Å². The zero-order chi connectivity index (χ0) is 20.7. The van der Waals surface area contributed by atoms with E-state index in [0.717, 1.165) is 0 Å². The first-order chi connectivity index (χ1) is 13.5. The van der Waals surface area contributed by atoms with Crippen LogP contribution in [0, 0.1) is 0 Å². The topological polar surface area (TPSA) is 99.5 Å². The number of aromatic nitrogens is 1. The Bertz CT molecular complexity index is 756. The number of nitrogens with zero attached hydrogens (tertiary/aromatic N) is 1. The third-order valence-electron chi connectivity index (χ3n) is 4.42. The molecule has 0 saturated heterocycles. The van der Waals surface area contributed by atoms with Crippen molar-refractivity contribution < 1.29 is 33.9 Å². The molecular weight excluding hydrogens is 366 g/mol. The van der Waals surface area contributed by atoms with Gasteiger partial charge in [0.1, 0.15) is 0 Å². The maximum absolute atomic E-state index is 10.6. The third-order valence-corrected chi connectivity index (χ3v) is 4.42. The number of rotatable bonds is 10. The Hall–Kier alpha value is -2.71. The zero-order valence-corrected chi connectivity index (χ0v) is 16.8. The van der Waals surface area contributed by atoms with Crippen LogP contribution in [0.4, 0.5) is 0 Å². The summed E-state index contributed by atoms with van der Waals surface area (Å²) in [6, 6.07) is 5.05. The lowest BCUT2D eigenvalue weighted by Crippen LogP contribution is -2.05. The molecule has 2 N–H and O–H groups in total. The summed E-state index contributed by atoms with van der Waals surface area (Å²) in [6.07, 6.45) is 0.515. The zero-order valence-electron chi connectivity index (χ0n) is 16.8. The van der Waals surface area contributed by atoms with E-state index in [4.69, 9.17) is 23.7 Å². The Morgan fingerprint density at radius 2 is 1.21 bits per heavy atom. The molecule has 1 aromatic carbocycles. The fourth-order valence-corrected chi connectivity index (χ4v) is 2.87. The molecule has 0 aliphatic carbocycles. The normalized spacial score (nSPS) is 12.8. The molecule has 8 heteroatoms. The third kappa shape index (κ3) is 4.76. The summed E-state index contributed by atoms with van der Waals surface area (Å²) in [5.74, 6) is 2.15. The fraction of sp³-hybridized carbons (Fsp3) is 0.450. The van der Waals surface area contributed by atoms with Crippen LogP contribution in [-0.4, -0.2) is 50.7 Å². The monoisotopic (exact) mass is 393 g/mol. The molecule has 2 aromatic rings. The number of ether oxygens (including phenoxy) is 5. The minimum absolute atomic E-state index is 0.314. The first-order valence-electron chi connectivity index (χ1n) is 8.72. The van der Waals surface area contributed by atoms with Crippen LogP contribution in [0.3, 0.4) is 0 Å². The number of benzene rings is 1. The summed E-state index contributed by atoms with van der Waals surface area (Å²) >= 11 is 0. The van der Waals surface area contributed by atoms with Crippen LogP contribution in [0.1, 0.15) is 36.2 Å². The van der Waals surface area contributed by atoms with Gasteiger partial charge in [0.05, 0.1) is 47.8 Å². The van der Waals surface area contributed by atoms with E-state index in [1.54, 1.807) is 18.2 Å². The summed E-state index contributed by atoms with van der Waals surface area (Å²) in [5, 5.41) is 21.0. The average molecular weight is 393 g/mol. The molecule has 2 rings (SSSR count). The van der Waals surface area contributed by atoms with Crippen LogP contribution >= 0.6 is 0 Å². The Labute approximate surface area is 164 Å². The predicted molar refractivity (Wildman–Crippen MR) is 103 cm³/mol. The largest absolute Gasteiger partial charge is 0.493 e.